The van der Waals surface area contributed by atoms with Crippen LogP contribution in [0.1, 0.15) is 63.2 Å². The quantitative estimate of drug-likeness (QED) is 0.533. The lowest BCUT2D eigenvalue weighted by Gasteiger charge is -2.30. The Hall–Kier alpha value is -2.55. The predicted molar refractivity (Wildman–Crippen MR) is 112 cm³/mol. The van der Waals surface area contributed by atoms with E-state index in [0.29, 0.717) is 5.69 Å². The number of hydrogen-bond acceptors (Lipinski definition) is 2. The maximum absolute atomic E-state index is 11.9. The number of methoxy groups -OCH3 is 1. The second-order valence-electron chi connectivity index (χ2n) is 9.16. The number of hydrogen-bond donors (Lipinski definition) is 0. The molecule has 0 aliphatic heterocycles. The summed E-state index contributed by atoms with van der Waals surface area (Å²) in [5.41, 5.74) is 5.84. The minimum Gasteiger partial charge on any atom is -0.496 e. The standard InChI is InChI=1S/C24H29NO2/c1-23(2,3)19-12-16(13-20(22(19)27-7)24(4,5)6)18-14-17-10-8-9-11-25(17)21(18)15-26/h8-15H,1-7H3. The number of ether oxygens (including phenoxy) is 1. The summed E-state index contributed by atoms with van der Waals surface area (Å²) in [5.74, 6) is 0.940. The zero-order valence-corrected chi connectivity index (χ0v) is 17.4. The van der Waals surface area contributed by atoms with E-state index < -0.39 is 0 Å². The number of carbonyl (C=O) groups is 1. The van der Waals surface area contributed by atoms with Crippen LogP contribution in [0.15, 0.2) is 42.6 Å². The van der Waals surface area contributed by atoms with Crippen LogP contribution in [0.5, 0.6) is 5.75 Å². The summed E-state index contributed by atoms with van der Waals surface area (Å²) in [7, 11) is 1.74. The number of pyridine rings is 1. The topological polar surface area (TPSA) is 30.7 Å². The zero-order valence-electron chi connectivity index (χ0n) is 17.4. The molecule has 0 unspecified atom stereocenters. The van der Waals surface area contributed by atoms with Crippen molar-refractivity contribution in [2.75, 3.05) is 7.11 Å². The van der Waals surface area contributed by atoms with E-state index in [1.807, 2.05) is 28.8 Å². The molecular weight excluding hydrogens is 334 g/mol. The molecule has 3 heteroatoms. The molecule has 0 saturated heterocycles. The summed E-state index contributed by atoms with van der Waals surface area (Å²) in [6, 6.07) is 12.4. The van der Waals surface area contributed by atoms with Crippen LogP contribution in [0.3, 0.4) is 0 Å². The first-order chi connectivity index (χ1) is 12.6. The fraction of sp³-hybridized carbons (Fsp3) is 0.375. The molecule has 1 aromatic carbocycles. The summed E-state index contributed by atoms with van der Waals surface area (Å²) in [5, 5.41) is 0. The molecule has 3 nitrogen and oxygen atoms in total. The van der Waals surface area contributed by atoms with Gasteiger partial charge >= 0.3 is 0 Å². The fourth-order valence-corrected chi connectivity index (χ4v) is 3.61. The largest absolute Gasteiger partial charge is 0.496 e. The molecule has 0 atom stereocenters. The van der Waals surface area contributed by atoms with Crippen molar-refractivity contribution in [2.45, 2.75) is 52.4 Å². The van der Waals surface area contributed by atoms with Crippen LogP contribution in [0.25, 0.3) is 16.6 Å². The number of nitrogens with zero attached hydrogens (tertiary/aromatic N) is 1. The minimum absolute atomic E-state index is 0.0815. The molecule has 0 radical (unpaired) electrons. The maximum atomic E-state index is 11.9. The Morgan fingerprint density at radius 3 is 2.00 bits per heavy atom. The van der Waals surface area contributed by atoms with E-state index in [0.717, 1.165) is 39.8 Å². The molecule has 3 aromatic rings. The number of benzene rings is 1. The summed E-state index contributed by atoms with van der Waals surface area (Å²) in [6.07, 6.45) is 2.88. The van der Waals surface area contributed by atoms with Crippen molar-refractivity contribution < 1.29 is 9.53 Å². The Morgan fingerprint density at radius 1 is 0.926 bits per heavy atom. The average molecular weight is 364 g/mol. The maximum Gasteiger partial charge on any atom is 0.167 e. The van der Waals surface area contributed by atoms with Crippen LogP contribution in [-0.4, -0.2) is 17.8 Å². The summed E-state index contributed by atoms with van der Waals surface area (Å²) >= 11 is 0. The highest BCUT2D eigenvalue weighted by Gasteiger charge is 2.28. The van der Waals surface area contributed by atoms with E-state index in [1.54, 1.807) is 7.11 Å². The second kappa shape index (κ2) is 6.56. The van der Waals surface area contributed by atoms with E-state index in [9.17, 15) is 4.79 Å². The van der Waals surface area contributed by atoms with Gasteiger partial charge in [-0.2, -0.15) is 0 Å². The van der Waals surface area contributed by atoms with Gasteiger partial charge in [-0.25, -0.2) is 0 Å². The van der Waals surface area contributed by atoms with Gasteiger partial charge in [-0.3, -0.25) is 4.79 Å². The molecule has 0 saturated carbocycles. The van der Waals surface area contributed by atoms with Crippen molar-refractivity contribution in [3.63, 3.8) is 0 Å². The number of fused-ring (bicyclic) bond motifs is 1. The first-order valence-electron chi connectivity index (χ1n) is 9.36. The third-order valence-electron chi connectivity index (χ3n) is 5.05. The predicted octanol–water partition coefficient (Wildman–Crippen LogP) is 6.02. The lowest BCUT2D eigenvalue weighted by Crippen LogP contribution is -2.19. The molecule has 142 valence electrons. The Labute approximate surface area is 162 Å². The highest BCUT2D eigenvalue weighted by Crippen LogP contribution is 2.43. The van der Waals surface area contributed by atoms with Gasteiger partial charge in [0.05, 0.1) is 12.8 Å². The van der Waals surface area contributed by atoms with Crippen molar-refractivity contribution in [1.82, 2.24) is 4.40 Å². The number of aldehydes is 1. The summed E-state index contributed by atoms with van der Waals surface area (Å²) in [4.78, 5) is 11.9. The van der Waals surface area contributed by atoms with Gasteiger partial charge in [-0.1, -0.05) is 47.6 Å². The van der Waals surface area contributed by atoms with E-state index in [1.165, 1.54) is 0 Å². The smallest absolute Gasteiger partial charge is 0.167 e. The number of rotatable bonds is 3. The Balaban J connectivity index is 2.39. The lowest BCUT2D eigenvalue weighted by atomic mass is 9.77. The molecule has 3 rings (SSSR count). The van der Waals surface area contributed by atoms with Gasteiger partial charge in [0.1, 0.15) is 5.75 Å². The van der Waals surface area contributed by atoms with Gasteiger partial charge in [0.25, 0.3) is 0 Å². The van der Waals surface area contributed by atoms with Gasteiger partial charge < -0.3 is 9.14 Å². The molecule has 2 aromatic heterocycles. The summed E-state index contributed by atoms with van der Waals surface area (Å²) < 4.78 is 7.81. The Morgan fingerprint density at radius 2 is 1.52 bits per heavy atom. The van der Waals surface area contributed by atoms with Crippen LogP contribution in [0.2, 0.25) is 0 Å². The van der Waals surface area contributed by atoms with Crippen molar-refractivity contribution >= 4 is 11.8 Å². The monoisotopic (exact) mass is 363 g/mol. The third kappa shape index (κ3) is 3.39. The van der Waals surface area contributed by atoms with Crippen molar-refractivity contribution in [2.24, 2.45) is 0 Å². The molecule has 0 aliphatic rings. The SMILES string of the molecule is COc1c(C(C)(C)C)cc(-c2cc3ccccn3c2C=O)cc1C(C)(C)C. The zero-order chi connectivity index (χ0) is 20.0. The van der Waals surface area contributed by atoms with Crippen LogP contribution in [-0.2, 0) is 10.8 Å². The fourth-order valence-electron chi connectivity index (χ4n) is 3.61. The molecule has 0 fully saturated rings. The lowest BCUT2D eigenvalue weighted by molar-refractivity contribution is 0.111. The molecule has 0 bridgehead atoms. The Bertz CT molecular complexity index is 962. The van der Waals surface area contributed by atoms with Crippen LogP contribution < -0.4 is 4.74 Å². The van der Waals surface area contributed by atoms with Gasteiger partial charge in [-0.05, 0) is 46.7 Å². The van der Waals surface area contributed by atoms with Gasteiger partial charge in [0.15, 0.2) is 6.29 Å². The first-order valence-corrected chi connectivity index (χ1v) is 9.36. The van der Waals surface area contributed by atoms with E-state index in [4.69, 9.17) is 4.74 Å². The summed E-state index contributed by atoms with van der Waals surface area (Å²) in [6.45, 7) is 13.2. The number of aromatic nitrogens is 1. The van der Waals surface area contributed by atoms with E-state index in [-0.39, 0.29) is 10.8 Å². The van der Waals surface area contributed by atoms with E-state index >= 15 is 0 Å². The molecule has 0 amide bonds. The minimum atomic E-state index is -0.0815. The molecule has 27 heavy (non-hydrogen) atoms. The van der Waals surface area contributed by atoms with Gasteiger partial charge in [0, 0.05) is 28.4 Å². The normalized spacial score (nSPS) is 12.4. The highest BCUT2D eigenvalue weighted by molar-refractivity contribution is 5.90. The molecule has 0 aliphatic carbocycles. The van der Waals surface area contributed by atoms with Crippen LogP contribution >= 0.6 is 0 Å². The number of carbonyl (C=O) groups excluding carboxylic acids is 1. The van der Waals surface area contributed by atoms with Crippen molar-refractivity contribution in [1.29, 1.82) is 0 Å². The van der Waals surface area contributed by atoms with E-state index in [2.05, 4.69) is 59.7 Å². The van der Waals surface area contributed by atoms with Crippen LogP contribution in [0.4, 0.5) is 0 Å². The molecule has 0 N–H and O–H groups in total. The first kappa shape index (κ1) is 19.2. The average Bonchev–Trinajstić information content (AvgIpc) is 2.97. The Kier molecular flexibility index (Phi) is 4.67. The van der Waals surface area contributed by atoms with Crippen molar-refractivity contribution in [3.05, 3.63) is 59.4 Å². The molecule has 0 spiro atoms. The van der Waals surface area contributed by atoms with Gasteiger partial charge in [-0.15, -0.1) is 0 Å². The van der Waals surface area contributed by atoms with Crippen LogP contribution in [0, 0.1) is 0 Å². The molecule has 2 heterocycles. The third-order valence-corrected chi connectivity index (χ3v) is 5.05. The van der Waals surface area contributed by atoms with Gasteiger partial charge in [0.2, 0.25) is 0 Å². The second-order valence-corrected chi connectivity index (χ2v) is 9.16. The highest BCUT2D eigenvalue weighted by atomic mass is 16.5. The molecular formula is C24H29NO2. The van der Waals surface area contributed by atoms with Crippen molar-refractivity contribution in [3.8, 4) is 16.9 Å².